The Morgan fingerprint density at radius 2 is 1.67 bits per heavy atom. The summed E-state index contributed by atoms with van der Waals surface area (Å²) in [5.41, 5.74) is 2.41. The van der Waals surface area contributed by atoms with E-state index in [1.165, 1.54) is 6.07 Å². The van der Waals surface area contributed by atoms with E-state index in [9.17, 15) is 9.18 Å². The van der Waals surface area contributed by atoms with Gasteiger partial charge in [-0.05, 0) is 29.8 Å². The number of oxime groups is 1. The first-order chi connectivity index (χ1) is 14.5. The Bertz CT molecular complexity index is 1150. The van der Waals surface area contributed by atoms with Crippen molar-refractivity contribution in [3.8, 4) is 5.75 Å². The minimum atomic E-state index is -0.569. The molecular formula is C23H14Cl2FNO3. The number of halogens is 3. The monoisotopic (exact) mass is 441 g/mol. The summed E-state index contributed by atoms with van der Waals surface area (Å²) in [6.07, 6.45) is 1.60. The Labute approximate surface area is 182 Å². The second-order valence-corrected chi connectivity index (χ2v) is 7.25. The van der Waals surface area contributed by atoms with E-state index < -0.39 is 5.97 Å². The molecule has 0 saturated carbocycles. The van der Waals surface area contributed by atoms with E-state index in [0.717, 1.165) is 5.56 Å². The molecule has 4 rings (SSSR count). The van der Waals surface area contributed by atoms with Crippen molar-refractivity contribution in [2.24, 2.45) is 5.16 Å². The average molecular weight is 442 g/mol. The van der Waals surface area contributed by atoms with Gasteiger partial charge in [0, 0.05) is 11.1 Å². The first kappa shape index (κ1) is 20.1. The van der Waals surface area contributed by atoms with E-state index in [4.69, 9.17) is 32.8 Å². The highest BCUT2D eigenvalue weighted by molar-refractivity contribution is 6.37. The normalized spacial score (nSPS) is 14.6. The first-order valence-electron chi connectivity index (χ1n) is 8.95. The molecule has 0 amide bonds. The maximum atomic E-state index is 13.8. The molecule has 0 spiro atoms. The average Bonchev–Trinajstić information content (AvgIpc) is 3.09. The van der Waals surface area contributed by atoms with Gasteiger partial charge in [0.15, 0.2) is 5.75 Å². The minimum Gasteiger partial charge on any atom is -0.486 e. The maximum Gasteiger partial charge on any atom is 0.368 e. The highest BCUT2D eigenvalue weighted by atomic mass is 35.5. The third-order valence-corrected chi connectivity index (χ3v) is 4.97. The molecule has 1 aliphatic heterocycles. The van der Waals surface area contributed by atoms with Gasteiger partial charge in [0.2, 0.25) is 0 Å². The van der Waals surface area contributed by atoms with Crippen LogP contribution in [0.1, 0.15) is 16.7 Å². The molecule has 30 heavy (non-hydrogen) atoms. The second kappa shape index (κ2) is 8.69. The molecule has 0 radical (unpaired) electrons. The number of hydrogen-bond acceptors (Lipinski definition) is 4. The summed E-state index contributed by atoms with van der Waals surface area (Å²) in [5, 5.41) is 4.33. The van der Waals surface area contributed by atoms with Crippen LogP contribution in [-0.2, 0) is 16.2 Å². The highest BCUT2D eigenvalue weighted by Crippen LogP contribution is 2.36. The third-order valence-electron chi connectivity index (χ3n) is 4.40. The van der Waals surface area contributed by atoms with Gasteiger partial charge in [-0.1, -0.05) is 76.9 Å². The van der Waals surface area contributed by atoms with Crippen LogP contribution in [0.5, 0.6) is 5.75 Å². The van der Waals surface area contributed by atoms with E-state index in [-0.39, 0.29) is 33.8 Å². The van der Waals surface area contributed by atoms with Crippen LogP contribution >= 0.6 is 23.2 Å². The van der Waals surface area contributed by atoms with E-state index in [2.05, 4.69) is 5.16 Å². The summed E-state index contributed by atoms with van der Waals surface area (Å²) >= 11 is 12.7. The molecule has 0 fully saturated rings. The number of hydrogen-bond donors (Lipinski definition) is 0. The molecule has 3 aromatic rings. The third kappa shape index (κ3) is 4.22. The van der Waals surface area contributed by atoms with E-state index in [1.807, 2.05) is 30.3 Å². The van der Waals surface area contributed by atoms with Gasteiger partial charge in [-0.3, -0.25) is 0 Å². The molecule has 0 bridgehead atoms. The van der Waals surface area contributed by atoms with Gasteiger partial charge in [-0.15, -0.1) is 0 Å². The largest absolute Gasteiger partial charge is 0.486 e. The molecule has 4 nitrogen and oxygen atoms in total. The van der Waals surface area contributed by atoms with Crippen LogP contribution < -0.4 is 4.74 Å². The van der Waals surface area contributed by atoms with Crippen LogP contribution in [0.4, 0.5) is 4.39 Å². The molecule has 150 valence electrons. The zero-order chi connectivity index (χ0) is 21.1. The van der Waals surface area contributed by atoms with Gasteiger partial charge in [-0.25, -0.2) is 9.18 Å². The summed E-state index contributed by atoms with van der Waals surface area (Å²) in [4.78, 5) is 17.0. The van der Waals surface area contributed by atoms with Crippen molar-refractivity contribution < 1.29 is 18.8 Å². The van der Waals surface area contributed by atoms with Gasteiger partial charge < -0.3 is 9.57 Å². The quantitative estimate of drug-likeness (QED) is 0.357. The van der Waals surface area contributed by atoms with Crippen LogP contribution in [0.3, 0.4) is 0 Å². The number of nitrogens with zero attached hydrogens (tertiary/aromatic N) is 1. The summed E-state index contributed by atoms with van der Waals surface area (Å²) in [7, 11) is 0. The molecule has 1 heterocycles. The fourth-order valence-corrected chi connectivity index (χ4v) is 3.56. The minimum absolute atomic E-state index is 0.0241. The van der Waals surface area contributed by atoms with E-state index in [1.54, 1.807) is 36.4 Å². The Kier molecular flexibility index (Phi) is 5.84. The molecule has 1 aliphatic rings. The summed E-state index contributed by atoms with van der Waals surface area (Å²) in [6, 6.07) is 18.7. The van der Waals surface area contributed by atoms with Crippen molar-refractivity contribution in [3.63, 3.8) is 0 Å². The summed E-state index contributed by atoms with van der Waals surface area (Å²) in [6.45, 7) is -0.0241. The lowest BCUT2D eigenvalue weighted by Gasteiger charge is -2.11. The SMILES string of the molecule is O=C1ON=C(c2ccccc2)/C1=C/c1cc(Cl)c(OCc2ccccc2F)c(Cl)c1. The van der Waals surface area contributed by atoms with Crippen LogP contribution in [-0.4, -0.2) is 11.7 Å². The fraction of sp³-hybridized carbons (Fsp3) is 0.0435. The highest BCUT2D eigenvalue weighted by Gasteiger charge is 2.27. The summed E-state index contributed by atoms with van der Waals surface area (Å²) < 4.78 is 19.4. The van der Waals surface area contributed by atoms with E-state index >= 15 is 0 Å². The lowest BCUT2D eigenvalue weighted by atomic mass is 10.0. The molecule has 0 saturated heterocycles. The summed E-state index contributed by atoms with van der Waals surface area (Å²) in [5.74, 6) is -0.714. The van der Waals surface area contributed by atoms with Crippen LogP contribution in [0, 0.1) is 5.82 Å². The number of benzene rings is 3. The Morgan fingerprint density at radius 3 is 2.37 bits per heavy atom. The van der Waals surface area contributed by atoms with Gasteiger partial charge in [-0.2, -0.15) is 0 Å². The lowest BCUT2D eigenvalue weighted by molar-refractivity contribution is -0.136. The molecule has 0 atom stereocenters. The molecule has 7 heteroatoms. The molecule has 0 aromatic heterocycles. The topological polar surface area (TPSA) is 47.9 Å². The Hall–Kier alpha value is -3.15. The molecule has 0 aliphatic carbocycles. The number of rotatable bonds is 5. The fourth-order valence-electron chi connectivity index (χ4n) is 2.95. The predicted molar refractivity (Wildman–Crippen MR) is 114 cm³/mol. The first-order valence-corrected chi connectivity index (χ1v) is 9.70. The van der Waals surface area contributed by atoms with Crippen molar-refractivity contribution in [2.45, 2.75) is 6.61 Å². The number of carbonyl (C=O) groups is 1. The van der Waals surface area contributed by atoms with Crippen LogP contribution in [0.25, 0.3) is 6.08 Å². The lowest BCUT2D eigenvalue weighted by Crippen LogP contribution is -2.06. The zero-order valence-corrected chi connectivity index (χ0v) is 17.0. The van der Waals surface area contributed by atoms with Crippen molar-refractivity contribution in [2.75, 3.05) is 0 Å². The zero-order valence-electron chi connectivity index (χ0n) is 15.4. The number of ether oxygens (including phenoxy) is 1. The van der Waals surface area contributed by atoms with Gasteiger partial charge >= 0.3 is 5.97 Å². The van der Waals surface area contributed by atoms with Crippen LogP contribution in [0.2, 0.25) is 10.0 Å². The van der Waals surface area contributed by atoms with Crippen molar-refractivity contribution in [1.29, 1.82) is 0 Å². The number of carbonyl (C=O) groups excluding carboxylic acids is 1. The standard InChI is InChI=1S/C23H14Cl2FNO3/c24-18-11-14(10-17-21(27-30-23(17)28)15-6-2-1-3-7-15)12-19(25)22(18)29-13-16-8-4-5-9-20(16)26/h1-12H,13H2/b17-10-. The van der Waals surface area contributed by atoms with Gasteiger partial charge in [0.05, 0.1) is 15.6 Å². The van der Waals surface area contributed by atoms with Crippen molar-refractivity contribution in [1.82, 2.24) is 0 Å². The molecule has 0 unspecified atom stereocenters. The Balaban J connectivity index is 1.60. The van der Waals surface area contributed by atoms with Crippen molar-refractivity contribution >= 4 is 41.0 Å². The van der Waals surface area contributed by atoms with Crippen molar-refractivity contribution in [3.05, 3.63) is 105 Å². The van der Waals surface area contributed by atoms with E-state index in [0.29, 0.717) is 16.8 Å². The Morgan fingerprint density at radius 1 is 1.00 bits per heavy atom. The smallest absolute Gasteiger partial charge is 0.368 e. The predicted octanol–water partition coefficient (Wildman–Crippen LogP) is 6.06. The second-order valence-electron chi connectivity index (χ2n) is 6.44. The molecule has 0 N–H and O–H groups in total. The maximum absolute atomic E-state index is 13.8. The van der Waals surface area contributed by atoms with Gasteiger partial charge in [0.1, 0.15) is 18.1 Å². The molecular weight excluding hydrogens is 428 g/mol. The molecule has 3 aromatic carbocycles. The van der Waals surface area contributed by atoms with Crippen LogP contribution in [0.15, 0.2) is 77.5 Å². The van der Waals surface area contributed by atoms with Gasteiger partial charge in [0.25, 0.3) is 0 Å².